The lowest BCUT2D eigenvalue weighted by Gasteiger charge is -2.00. The average Bonchev–Trinajstić information content (AvgIpc) is 2.74. The van der Waals surface area contributed by atoms with Crippen molar-refractivity contribution in [1.82, 2.24) is 4.98 Å². The molecule has 2 nitrogen and oxygen atoms in total. The first-order valence-electron chi connectivity index (χ1n) is 5.18. The van der Waals surface area contributed by atoms with E-state index < -0.39 is 0 Å². The maximum Gasteiger partial charge on any atom is 0.128 e. The summed E-state index contributed by atoms with van der Waals surface area (Å²) in [5.41, 5.74) is 1.57. The van der Waals surface area contributed by atoms with Gasteiger partial charge in [-0.1, -0.05) is 27.5 Å². The predicted octanol–water partition coefficient (Wildman–Crippen LogP) is 5.08. The zero-order chi connectivity index (χ0) is 12.7. The summed E-state index contributed by atoms with van der Waals surface area (Å²) >= 11 is 10.9. The van der Waals surface area contributed by atoms with Crippen molar-refractivity contribution in [2.45, 2.75) is 0 Å². The van der Waals surface area contributed by atoms with Crippen LogP contribution in [-0.4, -0.2) is 10.1 Å². The van der Waals surface area contributed by atoms with Crippen molar-refractivity contribution in [3.8, 4) is 16.3 Å². The molecule has 90 valence electrons. The number of rotatable bonds is 1. The second-order valence-electron chi connectivity index (χ2n) is 3.79. The molecule has 0 atom stereocenters. The fourth-order valence-electron chi connectivity index (χ4n) is 1.70. The highest BCUT2D eigenvalue weighted by Crippen LogP contribution is 2.37. The SMILES string of the molecule is Oc1ccc(Br)cc1-c1nc2cc(Cl)ccc2s1. The number of halogens is 2. The molecule has 0 unspecified atom stereocenters. The minimum atomic E-state index is 0.225. The standard InChI is InChI=1S/C13H7BrClNOS/c14-7-1-3-11(17)9(5-7)13-16-10-6-8(15)2-4-12(10)18-13/h1-6,17H. The Hall–Kier alpha value is -1.10. The Morgan fingerprint density at radius 2 is 2.00 bits per heavy atom. The predicted molar refractivity (Wildman–Crippen MR) is 79.4 cm³/mol. The first-order chi connectivity index (χ1) is 8.63. The number of phenols is 1. The van der Waals surface area contributed by atoms with Crippen LogP contribution in [0.4, 0.5) is 0 Å². The second kappa shape index (κ2) is 4.53. The molecule has 0 saturated heterocycles. The van der Waals surface area contributed by atoms with Gasteiger partial charge in [-0.15, -0.1) is 11.3 Å². The lowest BCUT2D eigenvalue weighted by molar-refractivity contribution is 0.477. The average molecular weight is 341 g/mol. The molecule has 0 aliphatic heterocycles. The molecule has 0 radical (unpaired) electrons. The quantitative estimate of drug-likeness (QED) is 0.669. The van der Waals surface area contributed by atoms with Gasteiger partial charge in [0, 0.05) is 9.50 Å². The van der Waals surface area contributed by atoms with Crippen molar-refractivity contribution in [3.63, 3.8) is 0 Å². The Balaban J connectivity index is 2.22. The van der Waals surface area contributed by atoms with E-state index in [4.69, 9.17) is 11.6 Å². The number of phenolic OH excluding ortho intramolecular Hbond substituents is 1. The van der Waals surface area contributed by atoms with Gasteiger partial charge in [0.15, 0.2) is 0 Å². The minimum Gasteiger partial charge on any atom is -0.507 e. The van der Waals surface area contributed by atoms with Crippen molar-refractivity contribution in [2.24, 2.45) is 0 Å². The van der Waals surface area contributed by atoms with Crippen LogP contribution in [0.5, 0.6) is 5.75 Å². The third-order valence-electron chi connectivity index (χ3n) is 2.54. The van der Waals surface area contributed by atoms with E-state index in [2.05, 4.69) is 20.9 Å². The molecule has 0 aliphatic carbocycles. The molecule has 0 amide bonds. The molecule has 5 heteroatoms. The van der Waals surface area contributed by atoms with E-state index in [1.165, 1.54) is 11.3 Å². The summed E-state index contributed by atoms with van der Waals surface area (Å²) in [5.74, 6) is 0.225. The fourth-order valence-corrected chi connectivity index (χ4v) is 3.19. The topological polar surface area (TPSA) is 33.1 Å². The molecule has 18 heavy (non-hydrogen) atoms. The van der Waals surface area contributed by atoms with Crippen molar-refractivity contribution in [2.75, 3.05) is 0 Å². The van der Waals surface area contributed by atoms with E-state index in [1.54, 1.807) is 12.1 Å². The highest BCUT2D eigenvalue weighted by atomic mass is 79.9. The second-order valence-corrected chi connectivity index (χ2v) is 6.18. The Bertz CT molecular complexity index is 741. The summed E-state index contributed by atoms with van der Waals surface area (Å²) in [7, 11) is 0. The number of fused-ring (bicyclic) bond motifs is 1. The van der Waals surface area contributed by atoms with Crippen LogP contribution in [0.15, 0.2) is 40.9 Å². The van der Waals surface area contributed by atoms with Crippen LogP contribution < -0.4 is 0 Å². The fraction of sp³-hybridized carbons (Fsp3) is 0. The summed E-state index contributed by atoms with van der Waals surface area (Å²) in [6.07, 6.45) is 0. The zero-order valence-corrected chi connectivity index (χ0v) is 12.2. The summed E-state index contributed by atoms with van der Waals surface area (Å²) in [6.45, 7) is 0. The highest BCUT2D eigenvalue weighted by molar-refractivity contribution is 9.10. The summed E-state index contributed by atoms with van der Waals surface area (Å²) in [4.78, 5) is 4.50. The van der Waals surface area contributed by atoms with Gasteiger partial charge in [-0.25, -0.2) is 4.98 Å². The van der Waals surface area contributed by atoms with Gasteiger partial charge in [0.1, 0.15) is 10.8 Å². The molecule has 1 heterocycles. The van der Waals surface area contributed by atoms with Crippen LogP contribution in [0.1, 0.15) is 0 Å². The maximum atomic E-state index is 9.89. The number of aromatic hydroxyl groups is 1. The van der Waals surface area contributed by atoms with Crippen molar-refractivity contribution in [3.05, 3.63) is 45.9 Å². The summed E-state index contributed by atoms with van der Waals surface area (Å²) < 4.78 is 1.96. The monoisotopic (exact) mass is 339 g/mol. The molecular formula is C13H7BrClNOS. The minimum absolute atomic E-state index is 0.225. The van der Waals surface area contributed by atoms with Crippen molar-refractivity contribution in [1.29, 1.82) is 0 Å². The van der Waals surface area contributed by atoms with Gasteiger partial charge >= 0.3 is 0 Å². The molecule has 0 saturated carbocycles. The number of nitrogens with zero attached hydrogens (tertiary/aromatic N) is 1. The van der Waals surface area contributed by atoms with Crippen LogP contribution in [0.25, 0.3) is 20.8 Å². The van der Waals surface area contributed by atoms with Gasteiger partial charge in [0.25, 0.3) is 0 Å². The van der Waals surface area contributed by atoms with Crippen LogP contribution in [0.2, 0.25) is 5.02 Å². The number of aromatic nitrogens is 1. The first-order valence-corrected chi connectivity index (χ1v) is 7.17. The molecule has 0 fully saturated rings. The highest BCUT2D eigenvalue weighted by Gasteiger charge is 2.11. The van der Waals surface area contributed by atoms with E-state index in [0.717, 1.165) is 25.3 Å². The number of hydrogen-bond acceptors (Lipinski definition) is 3. The normalized spacial score (nSPS) is 11.0. The summed E-state index contributed by atoms with van der Waals surface area (Å²) in [6, 6.07) is 10.9. The van der Waals surface area contributed by atoms with E-state index in [9.17, 15) is 5.11 Å². The van der Waals surface area contributed by atoms with Crippen LogP contribution >= 0.6 is 38.9 Å². The molecule has 1 N–H and O–H groups in total. The van der Waals surface area contributed by atoms with E-state index in [0.29, 0.717) is 5.02 Å². The molecule has 0 spiro atoms. The van der Waals surface area contributed by atoms with Gasteiger partial charge in [-0.3, -0.25) is 0 Å². The number of thiazole rings is 1. The van der Waals surface area contributed by atoms with Gasteiger partial charge in [-0.2, -0.15) is 0 Å². The third kappa shape index (κ3) is 2.11. The van der Waals surface area contributed by atoms with Crippen LogP contribution in [0, 0.1) is 0 Å². The van der Waals surface area contributed by atoms with Gasteiger partial charge in [0.2, 0.25) is 0 Å². The van der Waals surface area contributed by atoms with Crippen molar-refractivity contribution >= 4 is 49.1 Å². The Kier molecular flexibility index (Phi) is 3.01. The molecule has 0 bridgehead atoms. The Labute approximate surface area is 121 Å². The van der Waals surface area contributed by atoms with Gasteiger partial charge in [0.05, 0.1) is 15.8 Å². The van der Waals surface area contributed by atoms with Crippen LogP contribution in [0.3, 0.4) is 0 Å². The molecule has 0 aliphatic rings. The first kappa shape index (κ1) is 12.0. The molecular weight excluding hydrogens is 334 g/mol. The molecule has 1 aromatic heterocycles. The Morgan fingerprint density at radius 3 is 2.83 bits per heavy atom. The zero-order valence-electron chi connectivity index (χ0n) is 9.02. The maximum absolute atomic E-state index is 9.89. The summed E-state index contributed by atoms with van der Waals surface area (Å²) in [5, 5.41) is 11.3. The molecule has 2 aromatic carbocycles. The van der Waals surface area contributed by atoms with Gasteiger partial charge in [-0.05, 0) is 36.4 Å². The molecule has 3 aromatic rings. The largest absolute Gasteiger partial charge is 0.507 e. The van der Waals surface area contributed by atoms with Crippen molar-refractivity contribution < 1.29 is 5.11 Å². The van der Waals surface area contributed by atoms with Gasteiger partial charge < -0.3 is 5.11 Å². The lowest BCUT2D eigenvalue weighted by atomic mass is 10.2. The van der Waals surface area contributed by atoms with E-state index in [-0.39, 0.29) is 5.75 Å². The number of benzene rings is 2. The number of hydrogen-bond donors (Lipinski definition) is 1. The van der Waals surface area contributed by atoms with Crippen LogP contribution in [-0.2, 0) is 0 Å². The third-order valence-corrected chi connectivity index (χ3v) is 4.34. The van der Waals surface area contributed by atoms with E-state index in [1.807, 2.05) is 24.3 Å². The van der Waals surface area contributed by atoms with E-state index >= 15 is 0 Å². The Morgan fingerprint density at radius 1 is 1.17 bits per heavy atom. The lowest BCUT2D eigenvalue weighted by Crippen LogP contribution is -1.78. The smallest absolute Gasteiger partial charge is 0.128 e. The molecule has 3 rings (SSSR count).